The molecule has 0 aliphatic rings. The zero-order chi connectivity index (χ0) is 11.4. The van der Waals surface area contributed by atoms with Gasteiger partial charge in [-0.1, -0.05) is 0 Å². The van der Waals surface area contributed by atoms with Crippen LogP contribution in [0, 0.1) is 6.92 Å². The molecule has 0 aliphatic carbocycles. The predicted octanol–water partition coefficient (Wildman–Crippen LogP) is 0.236. The molecule has 5 heteroatoms. The lowest BCUT2D eigenvalue weighted by Gasteiger charge is -2.05. The molecule has 1 amide bonds. The van der Waals surface area contributed by atoms with Crippen molar-refractivity contribution in [1.29, 1.82) is 0 Å². The van der Waals surface area contributed by atoms with Gasteiger partial charge in [0.05, 0.1) is 7.11 Å². The van der Waals surface area contributed by atoms with Crippen molar-refractivity contribution in [3.63, 3.8) is 0 Å². The van der Waals surface area contributed by atoms with Crippen LogP contribution in [0.5, 0.6) is 0 Å². The second-order valence-corrected chi connectivity index (χ2v) is 3.18. The zero-order valence-electron chi connectivity index (χ0n) is 9.03. The van der Waals surface area contributed by atoms with Gasteiger partial charge in [0.2, 0.25) is 0 Å². The third kappa shape index (κ3) is 2.59. The molecule has 1 aromatic heterocycles. The number of methoxy groups -OCH3 is 1. The first-order valence-electron chi connectivity index (χ1n) is 4.53. The Hall–Kier alpha value is -1.78. The average molecular weight is 210 g/mol. The van der Waals surface area contributed by atoms with E-state index in [4.69, 9.17) is 0 Å². The van der Waals surface area contributed by atoms with E-state index in [0.717, 1.165) is 5.69 Å². The summed E-state index contributed by atoms with van der Waals surface area (Å²) in [6.45, 7) is 1.79. The van der Waals surface area contributed by atoms with Crippen molar-refractivity contribution < 1.29 is 14.3 Å². The highest BCUT2D eigenvalue weighted by Crippen LogP contribution is 2.04. The normalized spacial score (nSPS) is 9.80. The van der Waals surface area contributed by atoms with E-state index in [9.17, 15) is 9.59 Å². The van der Waals surface area contributed by atoms with Crippen LogP contribution in [-0.2, 0) is 16.6 Å². The van der Waals surface area contributed by atoms with E-state index in [1.165, 1.54) is 7.11 Å². The van der Waals surface area contributed by atoms with Crippen LogP contribution in [0.1, 0.15) is 16.2 Å². The molecule has 0 spiro atoms. The lowest BCUT2D eigenvalue weighted by atomic mass is 10.4. The molecule has 0 atom stereocenters. The van der Waals surface area contributed by atoms with Crippen molar-refractivity contribution >= 4 is 11.9 Å². The SMILES string of the molecule is COC(=O)CNC(=O)c1ccc(C)n1C. The van der Waals surface area contributed by atoms with Crippen molar-refractivity contribution in [2.75, 3.05) is 13.7 Å². The first-order chi connectivity index (χ1) is 7.06. The molecule has 0 bridgehead atoms. The number of aryl methyl sites for hydroxylation is 1. The molecular weight excluding hydrogens is 196 g/mol. The Balaban J connectivity index is 2.62. The second kappa shape index (κ2) is 4.63. The van der Waals surface area contributed by atoms with Crippen molar-refractivity contribution in [1.82, 2.24) is 9.88 Å². The molecule has 82 valence electrons. The van der Waals surface area contributed by atoms with E-state index in [1.54, 1.807) is 17.7 Å². The van der Waals surface area contributed by atoms with Crippen LogP contribution < -0.4 is 5.32 Å². The van der Waals surface area contributed by atoms with E-state index in [0.29, 0.717) is 5.69 Å². The van der Waals surface area contributed by atoms with Gasteiger partial charge in [0.15, 0.2) is 0 Å². The Morgan fingerprint density at radius 2 is 2.13 bits per heavy atom. The molecule has 0 aromatic carbocycles. The maximum atomic E-state index is 11.6. The number of amides is 1. The molecule has 0 radical (unpaired) electrons. The number of carbonyl (C=O) groups is 2. The maximum absolute atomic E-state index is 11.6. The third-order valence-electron chi connectivity index (χ3n) is 2.23. The largest absolute Gasteiger partial charge is 0.468 e. The predicted molar refractivity (Wildman–Crippen MR) is 54.5 cm³/mol. The van der Waals surface area contributed by atoms with Crippen molar-refractivity contribution in [2.45, 2.75) is 6.92 Å². The fourth-order valence-electron chi connectivity index (χ4n) is 1.16. The van der Waals surface area contributed by atoms with Crippen LogP contribution >= 0.6 is 0 Å². The van der Waals surface area contributed by atoms with Gasteiger partial charge < -0.3 is 14.6 Å². The minimum atomic E-state index is -0.464. The number of nitrogens with zero attached hydrogens (tertiary/aromatic N) is 1. The average Bonchev–Trinajstić information content (AvgIpc) is 2.56. The summed E-state index contributed by atoms with van der Waals surface area (Å²) in [6, 6.07) is 3.55. The maximum Gasteiger partial charge on any atom is 0.325 e. The number of nitrogens with one attached hydrogen (secondary N) is 1. The van der Waals surface area contributed by atoms with Gasteiger partial charge in [-0.3, -0.25) is 9.59 Å². The summed E-state index contributed by atoms with van der Waals surface area (Å²) in [5.74, 6) is -0.745. The van der Waals surface area contributed by atoms with Crippen molar-refractivity contribution in [2.24, 2.45) is 7.05 Å². The lowest BCUT2D eigenvalue weighted by molar-refractivity contribution is -0.139. The van der Waals surface area contributed by atoms with Gasteiger partial charge in [-0.05, 0) is 19.1 Å². The Morgan fingerprint density at radius 1 is 1.47 bits per heavy atom. The van der Waals surface area contributed by atoms with Gasteiger partial charge >= 0.3 is 5.97 Å². The van der Waals surface area contributed by atoms with Gasteiger partial charge in [-0.15, -0.1) is 0 Å². The standard InChI is InChI=1S/C10H14N2O3/c1-7-4-5-8(12(7)2)10(14)11-6-9(13)15-3/h4-5H,6H2,1-3H3,(H,11,14). The fraction of sp³-hybridized carbons (Fsp3) is 0.400. The Kier molecular flexibility index (Phi) is 3.49. The van der Waals surface area contributed by atoms with Gasteiger partial charge in [0.1, 0.15) is 12.2 Å². The highest BCUT2D eigenvalue weighted by Gasteiger charge is 2.11. The molecule has 0 saturated heterocycles. The molecule has 1 N–H and O–H groups in total. The number of aromatic nitrogens is 1. The number of carbonyl (C=O) groups excluding carboxylic acids is 2. The van der Waals surface area contributed by atoms with Crippen LogP contribution in [-0.4, -0.2) is 30.1 Å². The summed E-state index contributed by atoms with van der Waals surface area (Å²) in [5.41, 5.74) is 1.51. The molecule has 1 heterocycles. The van der Waals surface area contributed by atoms with Crippen LogP contribution in [0.3, 0.4) is 0 Å². The third-order valence-corrected chi connectivity index (χ3v) is 2.23. The smallest absolute Gasteiger partial charge is 0.325 e. The molecule has 0 aliphatic heterocycles. The molecule has 5 nitrogen and oxygen atoms in total. The summed E-state index contributed by atoms with van der Waals surface area (Å²) in [6.07, 6.45) is 0. The van der Waals surface area contributed by atoms with E-state index in [1.807, 2.05) is 13.0 Å². The van der Waals surface area contributed by atoms with Crippen LogP contribution in [0.15, 0.2) is 12.1 Å². The number of esters is 1. The topological polar surface area (TPSA) is 60.3 Å². The lowest BCUT2D eigenvalue weighted by Crippen LogP contribution is -2.31. The minimum Gasteiger partial charge on any atom is -0.468 e. The molecular formula is C10H14N2O3. The number of hydrogen-bond donors (Lipinski definition) is 1. The minimum absolute atomic E-state index is 0.112. The van der Waals surface area contributed by atoms with Gasteiger partial charge in [-0.2, -0.15) is 0 Å². The van der Waals surface area contributed by atoms with Gasteiger partial charge in [0.25, 0.3) is 5.91 Å². The van der Waals surface area contributed by atoms with Crippen LogP contribution in [0.4, 0.5) is 0 Å². The Bertz CT molecular complexity index is 382. The monoisotopic (exact) mass is 210 g/mol. The molecule has 1 rings (SSSR count). The van der Waals surface area contributed by atoms with Crippen LogP contribution in [0.25, 0.3) is 0 Å². The summed E-state index contributed by atoms with van der Waals surface area (Å²) in [5, 5.41) is 2.47. The van der Waals surface area contributed by atoms with E-state index >= 15 is 0 Å². The zero-order valence-corrected chi connectivity index (χ0v) is 9.03. The van der Waals surface area contributed by atoms with E-state index in [-0.39, 0.29) is 12.5 Å². The van der Waals surface area contributed by atoms with Gasteiger partial charge in [-0.25, -0.2) is 0 Å². The molecule has 0 fully saturated rings. The van der Waals surface area contributed by atoms with Gasteiger partial charge in [0, 0.05) is 12.7 Å². The van der Waals surface area contributed by atoms with Crippen molar-refractivity contribution in [3.8, 4) is 0 Å². The summed E-state index contributed by atoms with van der Waals surface area (Å²) in [4.78, 5) is 22.4. The van der Waals surface area contributed by atoms with Crippen molar-refractivity contribution in [3.05, 3.63) is 23.5 Å². The molecule has 0 saturated carbocycles. The summed E-state index contributed by atoms with van der Waals surface area (Å²) >= 11 is 0. The Morgan fingerprint density at radius 3 is 2.60 bits per heavy atom. The molecule has 15 heavy (non-hydrogen) atoms. The highest BCUT2D eigenvalue weighted by atomic mass is 16.5. The highest BCUT2D eigenvalue weighted by molar-refractivity contribution is 5.94. The number of rotatable bonds is 3. The summed E-state index contributed by atoms with van der Waals surface area (Å²) < 4.78 is 6.17. The van der Waals surface area contributed by atoms with E-state index < -0.39 is 5.97 Å². The number of hydrogen-bond acceptors (Lipinski definition) is 3. The second-order valence-electron chi connectivity index (χ2n) is 3.18. The first kappa shape index (κ1) is 11.3. The first-order valence-corrected chi connectivity index (χ1v) is 4.53. The van der Waals surface area contributed by atoms with Crippen LogP contribution in [0.2, 0.25) is 0 Å². The molecule has 0 unspecified atom stereocenters. The summed E-state index contributed by atoms with van der Waals surface area (Å²) in [7, 11) is 3.07. The quantitative estimate of drug-likeness (QED) is 0.727. The fourth-order valence-corrected chi connectivity index (χ4v) is 1.16. The number of ether oxygens (including phenoxy) is 1. The molecule has 1 aromatic rings. The van der Waals surface area contributed by atoms with E-state index in [2.05, 4.69) is 10.1 Å². The Labute approximate surface area is 88.0 Å².